The number of alkyl halides is 3. The second-order valence-corrected chi connectivity index (χ2v) is 13.8. The fraction of sp³-hybridized carbons (Fsp3) is 0.514. The SMILES string of the molecule is CCOC(=O)CCCc1ccc(C(=O)Nc2nc3nc(-c4cc(C5CC5)nc(C(F)(F)F)c4)cc(N(C)CC4(COC)CCCCC4)c3[nH]2)nc1. The van der Waals surface area contributed by atoms with E-state index in [-0.39, 0.29) is 34.6 Å². The van der Waals surface area contributed by atoms with Crippen molar-refractivity contribution in [1.29, 1.82) is 0 Å². The average molecular weight is 708 g/mol. The molecule has 0 spiro atoms. The van der Waals surface area contributed by atoms with E-state index in [0.29, 0.717) is 67.2 Å². The number of methoxy groups -OCH3 is 1. The number of esters is 1. The molecule has 4 heterocycles. The Morgan fingerprint density at radius 3 is 2.53 bits per heavy atom. The van der Waals surface area contributed by atoms with Gasteiger partial charge >= 0.3 is 12.1 Å². The number of amides is 1. The standard InChI is InChI=1S/C37H44F3N7O4/c1-4-51-31(48)10-8-9-23-11-14-26(41-20-23)34(49)46-35-44-32-29(47(2)21-36(22-50-3)15-6-5-7-16-36)19-28(43-33(32)45-35)25-17-27(24-12-13-24)42-30(18-25)37(38,39)40/h11,14,17-20,24H,4-10,12-13,15-16,21-22H2,1-3H3,(H2,43,44,45,46,49). The molecule has 0 unspecified atom stereocenters. The van der Waals surface area contributed by atoms with Gasteiger partial charge in [0.1, 0.15) is 16.9 Å². The molecule has 0 radical (unpaired) electrons. The molecule has 4 aromatic rings. The van der Waals surface area contributed by atoms with Gasteiger partial charge < -0.3 is 19.4 Å². The quantitative estimate of drug-likeness (QED) is 0.128. The van der Waals surface area contributed by atoms with Crippen LogP contribution in [0.1, 0.15) is 98.1 Å². The third-order valence-electron chi connectivity index (χ3n) is 9.66. The molecular weight excluding hydrogens is 663 g/mol. The van der Waals surface area contributed by atoms with Crippen molar-refractivity contribution in [2.75, 3.05) is 44.1 Å². The van der Waals surface area contributed by atoms with E-state index in [1.807, 2.05) is 7.05 Å². The molecular formula is C37H44F3N7O4. The first-order valence-corrected chi connectivity index (χ1v) is 17.6. The van der Waals surface area contributed by atoms with E-state index in [2.05, 4.69) is 30.2 Å². The highest BCUT2D eigenvalue weighted by atomic mass is 19.4. The summed E-state index contributed by atoms with van der Waals surface area (Å²) in [6.07, 6.45) is 5.44. The van der Waals surface area contributed by atoms with Crippen LogP contribution in [0.3, 0.4) is 0 Å². The predicted molar refractivity (Wildman–Crippen MR) is 187 cm³/mol. The number of aryl methyl sites for hydroxylation is 1. The minimum absolute atomic E-state index is 0.00315. The maximum atomic E-state index is 14.0. The number of H-pyrrole nitrogens is 1. The van der Waals surface area contributed by atoms with Gasteiger partial charge in [0.25, 0.3) is 5.91 Å². The van der Waals surface area contributed by atoms with E-state index in [0.717, 1.165) is 50.2 Å². The number of halogens is 3. The number of pyridine rings is 3. The molecule has 2 N–H and O–H groups in total. The highest BCUT2D eigenvalue weighted by molar-refractivity contribution is 6.03. The lowest BCUT2D eigenvalue weighted by Gasteiger charge is -2.40. The number of hydrogen-bond donors (Lipinski definition) is 2. The lowest BCUT2D eigenvalue weighted by molar-refractivity contribution is -0.143. The monoisotopic (exact) mass is 707 g/mol. The lowest BCUT2D eigenvalue weighted by Crippen LogP contribution is -2.40. The van der Waals surface area contributed by atoms with Crippen LogP contribution < -0.4 is 10.2 Å². The number of nitrogens with zero attached hydrogens (tertiary/aromatic N) is 5. The topological polar surface area (TPSA) is 135 Å². The molecule has 51 heavy (non-hydrogen) atoms. The average Bonchev–Trinajstić information content (AvgIpc) is 3.88. The molecule has 2 aliphatic carbocycles. The van der Waals surface area contributed by atoms with E-state index in [1.165, 1.54) is 6.42 Å². The third-order valence-corrected chi connectivity index (χ3v) is 9.66. The summed E-state index contributed by atoms with van der Waals surface area (Å²) in [5.41, 5.74) is 2.51. The summed E-state index contributed by atoms with van der Waals surface area (Å²) in [4.78, 5) is 47.7. The molecule has 4 aromatic heterocycles. The summed E-state index contributed by atoms with van der Waals surface area (Å²) in [6, 6.07) is 7.90. The normalized spacial score (nSPS) is 15.9. The van der Waals surface area contributed by atoms with Crippen molar-refractivity contribution in [3.8, 4) is 11.3 Å². The molecule has 1 amide bonds. The molecule has 0 saturated heterocycles. The number of rotatable bonds is 14. The molecule has 0 atom stereocenters. The van der Waals surface area contributed by atoms with Gasteiger partial charge in [-0.25, -0.2) is 9.97 Å². The van der Waals surface area contributed by atoms with Crippen LogP contribution in [-0.4, -0.2) is 70.7 Å². The van der Waals surface area contributed by atoms with Gasteiger partial charge in [-0.2, -0.15) is 18.2 Å². The number of nitrogens with one attached hydrogen (secondary N) is 2. The van der Waals surface area contributed by atoms with Gasteiger partial charge in [-0.05, 0) is 75.3 Å². The Bertz CT molecular complexity index is 1850. The number of imidazole rings is 1. The third kappa shape index (κ3) is 8.84. The van der Waals surface area contributed by atoms with Crippen molar-refractivity contribution >= 4 is 34.7 Å². The van der Waals surface area contributed by atoms with Crippen LogP contribution in [0.5, 0.6) is 0 Å². The molecule has 0 aliphatic heterocycles. The molecule has 6 rings (SSSR count). The molecule has 2 saturated carbocycles. The smallest absolute Gasteiger partial charge is 0.433 e. The second-order valence-electron chi connectivity index (χ2n) is 13.8. The van der Waals surface area contributed by atoms with Crippen molar-refractivity contribution in [1.82, 2.24) is 24.9 Å². The summed E-state index contributed by atoms with van der Waals surface area (Å²) in [5.74, 6) is -0.622. The van der Waals surface area contributed by atoms with Crippen LogP contribution in [0.2, 0.25) is 0 Å². The zero-order chi connectivity index (χ0) is 36.2. The Balaban J connectivity index is 1.31. The number of hydrogen-bond acceptors (Lipinski definition) is 9. The first-order valence-electron chi connectivity index (χ1n) is 17.6. The zero-order valence-electron chi connectivity index (χ0n) is 29.2. The number of anilines is 2. The van der Waals surface area contributed by atoms with Crippen molar-refractivity contribution in [2.45, 2.75) is 83.2 Å². The molecule has 14 heteroatoms. The van der Waals surface area contributed by atoms with Crippen LogP contribution in [0.4, 0.5) is 24.8 Å². The Morgan fingerprint density at radius 1 is 1.08 bits per heavy atom. The summed E-state index contributed by atoms with van der Waals surface area (Å²) in [7, 11) is 3.65. The molecule has 0 bridgehead atoms. The molecule has 2 fully saturated rings. The fourth-order valence-corrected chi connectivity index (χ4v) is 7.01. The van der Waals surface area contributed by atoms with Crippen molar-refractivity contribution in [3.05, 3.63) is 59.2 Å². The van der Waals surface area contributed by atoms with Crippen molar-refractivity contribution in [2.24, 2.45) is 5.41 Å². The Labute approximate surface area is 294 Å². The van der Waals surface area contributed by atoms with E-state index >= 15 is 0 Å². The maximum Gasteiger partial charge on any atom is 0.433 e. The van der Waals surface area contributed by atoms with E-state index in [9.17, 15) is 22.8 Å². The van der Waals surface area contributed by atoms with E-state index < -0.39 is 17.8 Å². The van der Waals surface area contributed by atoms with Gasteiger partial charge in [0.15, 0.2) is 5.65 Å². The fourth-order valence-electron chi connectivity index (χ4n) is 7.01. The summed E-state index contributed by atoms with van der Waals surface area (Å²) < 4.78 is 52.6. The Morgan fingerprint density at radius 2 is 1.86 bits per heavy atom. The number of ether oxygens (including phenoxy) is 2. The zero-order valence-corrected chi connectivity index (χ0v) is 29.2. The minimum atomic E-state index is -4.62. The Hall–Kier alpha value is -4.59. The molecule has 2 aliphatic rings. The lowest BCUT2D eigenvalue weighted by atomic mass is 9.74. The largest absolute Gasteiger partial charge is 0.466 e. The van der Waals surface area contributed by atoms with Crippen LogP contribution >= 0.6 is 0 Å². The van der Waals surface area contributed by atoms with Gasteiger partial charge in [0.2, 0.25) is 5.95 Å². The van der Waals surface area contributed by atoms with Crippen LogP contribution in [0.15, 0.2) is 36.5 Å². The highest BCUT2D eigenvalue weighted by Gasteiger charge is 2.37. The number of carbonyl (C=O) groups is 2. The molecule has 272 valence electrons. The number of carbonyl (C=O) groups excluding carboxylic acids is 2. The van der Waals surface area contributed by atoms with Crippen molar-refractivity contribution in [3.63, 3.8) is 0 Å². The highest BCUT2D eigenvalue weighted by Crippen LogP contribution is 2.43. The minimum Gasteiger partial charge on any atom is -0.466 e. The van der Waals surface area contributed by atoms with Crippen LogP contribution in [0, 0.1) is 5.41 Å². The summed E-state index contributed by atoms with van der Waals surface area (Å²) in [6.45, 7) is 3.34. The van der Waals surface area contributed by atoms with Crippen LogP contribution in [0.25, 0.3) is 22.4 Å². The van der Waals surface area contributed by atoms with Crippen molar-refractivity contribution < 1.29 is 32.2 Å². The number of aromatic nitrogens is 5. The van der Waals surface area contributed by atoms with Gasteiger partial charge in [0, 0.05) is 55.9 Å². The van der Waals surface area contributed by atoms with E-state index in [4.69, 9.17) is 14.5 Å². The summed E-state index contributed by atoms with van der Waals surface area (Å²) >= 11 is 0. The predicted octanol–water partition coefficient (Wildman–Crippen LogP) is 7.48. The maximum absolute atomic E-state index is 14.0. The number of fused-ring (bicyclic) bond motifs is 1. The van der Waals surface area contributed by atoms with Gasteiger partial charge in [-0.1, -0.05) is 25.3 Å². The van der Waals surface area contributed by atoms with Gasteiger partial charge in [-0.3, -0.25) is 19.9 Å². The van der Waals surface area contributed by atoms with E-state index in [1.54, 1.807) is 44.5 Å². The molecule has 0 aromatic carbocycles. The first-order chi connectivity index (χ1) is 24.5. The number of aromatic amines is 1. The summed E-state index contributed by atoms with van der Waals surface area (Å²) in [5, 5.41) is 2.77. The Kier molecular flexibility index (Phi) is 10.9. The molecule has 11 nitrogen and oxygen atoms in total. The first kappa shape index (κ1) is 36.2. The van der Waals surface area contributed by atoms with Gasteiger partial charge in [-0.15, -0.1) is 0 Å². The van der Waals surface area contributed by atoms with Crippen LogP contribution in [-0.2, 0) is 26.9 Å². The van der Waals surface area contributed by atoms with Gasteiger partial charge in [0.05, 0.1) is 24.6 Å². The second kappa shape index (κ2) is 15.3.